The molecular formula is C8H12Cl2O3. The number of ether oxygens (including phenoxy) is 1. The van der Waals surface area contributed by atoms with Crippen LogP contribution in [0.5, 0.6) is 0 Å². The molecule has 2 atom stereocenters. The molecule has 13 heavy (non-hydrogen) atoms. The Bertz CT molecular complexity index is 174. The number of esters is 2. The summed E-state index contributed by atoms with van der Waals surface area (Å²) < 4.78 is 4.51. The summed E-state index contributed by atoms with van der Waals surface area (Å²) in [6.07, 6.45) is 0. The topological polar surface area (TPSA) is 43.4 Å². The van der Waals surface area contributed by atoms with Gasteiger partial charge in [0.2, 0.25) is 0 Å². The molecule has 0 saturated heterocycles. The van der Waals surface area contributed by atoms with Gasteiger partial charge in [-0.2, -0.15) is 0 Å². The maximum atomic E-state index is 11.0. The van der Waals surface area contributed by atoms with Gasteiger partial charge in [-0.15, -0.1) is 23.2 Å². The number of carbonyl (C=O) groups is 2. The van der Waals surface area contributed by atoms with E-state index >= 15 is 0 Å². The summed E-state index contributed by atoms with van der Waals surface area (Å²) in [5.41, 5.74) is 0. The van der Waals surface area contributed by atoms with Crippen LogP contribution in [-0.2, 0) is 14.3 Å². The van der Waals surface area contributed by atoms with Crippen LogP contribution in [0, 0.1) is 11.8 Å². The van der Waals surface area contributed by atoms with E-state index in [-0.39, 0.29) is 11.8 Å². The standard InChI is InChI=1S/C8H12Cl2O3/c1-5(3-9)7(11)13-8(12)6(2)4-10/h5-6H,3-4H2,1-2H3. The zero-order valence-electron chi connectivity index (χ0n) is 7.55. The summed E-state index contributed by atoms with van der Waals surface area (Å²) in [6.45, 7) is 3.18. The highest BCUT2D eigenvalue weighted by Crippen LogP contribution is 2.06. The molecule has 0 aromatic rings. The van der Waals surface area contributed by atoms with E-state index in [4.69, 9.17) is 23.2 Å². The van der Waals surface area contributed by atoms with E-state index in [1.54, 1.807) is 13.8 Å². The second-order valence-corrected chi connectivity index (χ2v) is 3.47. The van der Waals surface area contributed by atoms with Gasteiger partial charge in [0.1, 0.15) is 0 Å². The van der Waals surface area contributed by atoms with Gasteiger partial charge in [0, 0.05) is 11.8 Å². The normalized spacial score (nSPS) is 14.8. The summed E-state index contributed by atoms with van der Waals surface area (Å²) in [4.78, 5) is 22.1. The predicted octanol–water partition coefficient (Wildman–Crippen LogP) is 1.81. The van der Waals surface area contributed by atoms with Gasteiger partial charge in [-0.1, -0.05) is 13.8 Å². The molecule has 0 rings (SSSR count). The van der Waals surface area contributed by atoms with Crippen LogP contribution in [0.15, 0.2) is 0 Å². The van der Waals surface area contributed by atoms with E-state index in [9.17, 15) is 9.59 Å². The summed E-state index contributed by atoms with van der Waals surface area (Å²) >= 11 is 10.8. The third-order valence-corrected chi connectivity index (χ3v) is 2.39. The van der Waals surface area contributed by atoms with Gasteiger partial charge in [0.15, 0.2) is 0 Å². The average molecular weight is 227 g/mol. The van der Waals surface area contributed by atoms with Crippen LogP contribution >= 0.6 is 23.2 Å². The smallest absolute Gasteiger partial charge is 0.317 e. The first kappa shape index (κ1) is 12.7. The monoisotopic (exact) mass is 226 g/mol. The van der Waals surface area contributed by atoms with E-state index in [0.29, 0.717) is 0 Å². The number of rotatable bonds is 4. The molecule has 5 heteroatoms. The van der Waals surface area contributed by atoms with Crippen LogP contribution in [0.25, 0.3) is 0 Å². The van der Waals surface area contributed by atoms with Gasteiger partial charge in [-0.25, -0.2) is 0 Å². The average Bonchev–Trinajstić information content (AvgIpc) is 2.14. The zero-order valence-corrected chi connectivity index (χ0v) is 9.06. The SMILES string of the molecule is CC(CCl)C(=O)OC(=O)C(C)CCl. The highest BCUT2D eigenvalue weighted by atomic mass is 35.5. The van der Waals surface area contributed by atoms with Crippen molar-refractivity contribution in [2.45, 2.75) is 13.8 Å². The Morgan fingerprint density at radius 2 is 1.38 bits per heavy atom. The maximum absolute atomic E-state index is 11.0. The highest BCUT2D eigenvalue weighted by molar-refractivity contribution is 6.20. The van der Waals surface area contributed by atoms with Crippen molar-refractivity contribution in [2.75, 3.05) is 11.8 Å². The Morgan fingerprint density at radius 3 is 1.62 bits per heavy atom. The third-order valence-electron chi connectivity index (χ3n) is 1.47. The van der Waals surface area contributed by atoms with E-state index in [1.165, 1.54) is 0 Å². The fourth-order valence-electron chi connectivity index (χ4n) is 0.426. The first-order chi connectivity index (χ1) is 6.02. The summed E-state index contributed by atoms with van der Waals surface area (Å²) in [6, 6.07) is 0. The van der Waals surface area contributed by atoms with Crippen molar-refractivity contribution in [3.8, 4) is 0 Å². The van der Waals surface area contributed by atoms with Crippen molar-refractivity contribution >= 4 is 35.1 Å². The molecule has 0 spiro atoms. The summed E-state index contributed by atoms with van der Waals surface area (Å²) in [5, 5.41) is 0. The molecule has 0 fully saturated rings. The summed E-state index contributed by atoms with van der Waals surface area (Å²) in [5.74, 6) is -1.85. The quantitative estimate of drug-likeness (QED) is 0.418. The number of carbonyl (C=O) groups excluding carboxylic acids is 2. The minimum atomic E-state index is -0.600. The Kier molecular flexibility index (Phi) is 6.08. The highest BCUT2D eigenvalue weighted by Gasteiger charge is 2.20. The Hall–Kier alpha value is -0.280. The molecule has 0 amide bonds. The van der Waals surface area contributed by atoms with Crippen LogP contribution in [0.2, 0.25) is 0 Å². The minimum Gasteiger partial charge on any atom is -0.393 e. The van der Waals surface area contributed by atoms with Crippen molar-refractivity contribution in [2.24, 2.45) is 11.8 Å². The van der Waals surface area contributed by atoms with Crippen molar-refractivity contribution in [1.82, 2.24) is 0 Å². The predicted molar refractivity (Wildman–Crippen MR) is 50.9 cm³/mol. The lowest BCUT2D eigenvalue weighted by atomic mass is 10.2. The molecule has 0 aliphatic heterocycles. The van der Waals surface area contributed by atoms with Crippen LogP contribution in [0.4, 0.5) is 0 Å². The molecule has 0 aliphatic rings. The number of halogens is 2. The molecule has 2 unspecified atom stereocenters. The van der Waals surface area contributed by atoms with Crippen LogP contribution in [0.3, 0.4) is 0 Å². The maximum Gasteiger partial charge on any atom is 0.317 e. The lowest BCUT2D eigenvalue weighted by Gasteiger charge is -2.09. The van der Waals surface area contributed by atoms with E-state index < -0.39 is 23.8 Å². The number of alkyl halides is 2. The largest absolute Gasteiger partial charge is 0.393 e. The first-order valence-corrected chi connectivity index (χ1v) is 4.97. The van der Waals surface area contributed by atoms with Crippen LogP contribution in [0.1, 0.15) is 13.8 Å². The van der Waals surface area contributed by atoms with Crippen LogP contribution < -0.4 is 0 Å². The van der Waals surface area contributed by atoms with Gasteiger partial charge in [0.25, 0.3) is 0 Å². The van der Waals surface area contributed by atoms with Crippen molar-refractivity contribution in [1.29, 1.82) is 0 Å². The second-order valence-electron chi connectivity index (χ2n) is 2.85. The second kappa shape index (κ2) is 6.22. The molecule has 0 aromatic heterocycles. The van der Waals surface area contributed by atoms with E-state index in [2.05, 4.69) is 4.74 Å². The number of hydrogen-bond donors (Lipinski definition) is 0. The minimum absolute atomic E-state index is 0.140. The van der Waals surface area contributed by atoms with Crippen molar-refractivity contribution in [3.63, 3.8) is 0 Å². The lowest BCUT2D eigenvalue weighted by molar-refractivity contribution is -0.163. The number of hydrogen-bond acceptors (Lipinski definition) is 3. The Labute approximate surface area is 87.3 Å². The molecule has 76 valence electrons. The van der Waals surface area contributed by atoms with E-state index in [0.717, 1.165) is 0 Å². The molecule has 3 nitrogen and oxygen atoms in total. The zero-order chi connectivity index (χ0) is 10.4. The third kappa shape index (κ3) is 4.48. The molecule has 0 heterocycles. The molecule has 0 N–H and O–H groups in total. The molecule has 0 bridgehead atoms. The molecule has 0 aliphatic carbocycles. The van der Waals surface area contributed by atoms with Gasteiger partial charge >= 0.3 is 11.9 Å². The first-order valence-electron chi connectivity index (χ1n) is 3.90. The Balaban J connectivity index is 3.99. The fraction of sp³-hybridized carbons (Fsp3) is 0.750. The van der Waals surface area contributed by atoms with Gasteiger partial charge in [0.05, 0.1) is 11.8 Å². The van der Waals surface area contributed by atoms with Crippen LogP contribution in [-0.4, -0.2) is 23.7 Å². The lowest BCUT2D eigenvalue weighted by Crippen LogP contribution is -2.24. The molecule has 0 aromatic carbocycles. The molecular weight excluding hydrogens is 215 g/mol. The summed E-state index contributed by atoms with van der Waals surface area (Å²) in [7, 11) is 0. The van der Waals surface area contributed by atoms with Gasteiger partial charge in [-0.3, -0.25) is 9.59 Å². The van der Waals surface area contributed by atoms with Crippen molar-refractivity contribution < 1.29 is 14.3 Å². The van der Waals surface area contributed by atoms with Crippen molar-refractivity contribution in [3.05, 3.63) is 0 Å². The van der Waals surface area contributed by atoms with Gasteiger partial charge in [-0.05, 0) is 0 Å². The van der Waals surface area contributed by atoms with E-state index in [1.807, 2.05) is 0 Å². The fourth-order valence-corrected chi connectivity index (χ4v) is 0.678. The molecule has 0 radical (unpaired) electrons. The van der Waals surface area contributed by atoms with Gasteiger partial charge < -0.3 is 4.74 Å². The Morgan fingerprint density at radius 1 is 1.08 bits per heavy atom. The molecule has 0 saturated carbocycles.